The van der Waals surface area contributed by atoms with Gasteiger partial charge in [0.2, 0.25) is 0 Å². The van der Waals surface area contributed by atoms with Crippen molar-refractivity contribution in [2.75, 3.05) is 0 Å². The minimum atomic E-state index is -2.48. The summed E-state index contributed by atoms with van der Waals surface area (Å²) in [7, 11) is -2.48. The summed E-state index contributed by atoms with van der Waals surface area (Å²) in [5, 5.41) is 4.32. The predicted molar refractivity (Wildman–Crippen MR) is 153 cm³/mol. The molecule has 3 aliphatic rings. The van der Waals surface area contributed by atoms with Gasteiger partial charge in [-0.2, -0.15) is 0 Å². The molecule has 0 saturated carbocycles. The molecule has 4 aromatic rings. The molecule has 0 bridgehead atoms. The van der Waals surface area contributed by atoms with E-state index in [0.29, 0.717) is 0 Å². The predicted octanol–water partition coefficient (Wildman–Crippen LogP) is 0.310. The number of hydrogen-bond acceptors (Lipinski definition) is 0. The maximum atomic E-state index is 4.03. The van der Waals surface area contributed by atoms with Crippen LogP contribution in [-0.4, -0.2) is 8.07 Å². The number of benzene rings is 4. The second-order valence-corrected chi connectivity index (χ2v) is 13.8. The molecule has 2 atom stereocenters. The molecule has 0 radical (unpaired) electrons. The van der Waals surface area contributed by atoms with Gasteiger partial charge < -0.3 is 24.8 Å². The van der Waals surface area contributed by atoms with Gasteiger partial charge in [-0.15, -0.1) is 5.54 Å². The van der Waals surface area contributed by atoms with Gasteiger partial charge in [-0.25, -0.2) is 0 Å². The number of fused-ring (bicyclic) bond motifs is 5. The first-order valence-electron chi connectivity index (χ1n) is 12.7. The average Bonchev–Trinajstić information content (AvgIpc) is 3.46. The topological polar surface area (TPSA) is 0 Å². The fourth-order valence-electron chi connectivity index (χ4n) is 6.59. The first-order chi connectivity index (χ1) is 17.8. The molecule has 2 unspecified atom stereocenters. The Hall–Kier alpha value is -2.66. The van der Waals surface area contributed by atoms with Gasteiger partial charge in [0, 0.05) is 17.0 Å². The summed E-state index contributed by atoms with van der Waals surface area (Å²) in [4.78, 5) is 0. The molecule has 0 heterocycles. The zero-order chi connectivity index (χ0) is 24.1. The molecule has 0 aliphatic heterocycles. The van der Waals surface area contributed by atoms with E-state index in [1.54, 1.807) is 5.20 Å². The zero-order valence-electron chi connectivity index (χ0n) is 21.5. The van der Waals surface area contributed by atoms with Crippen molar-refractivity contribution in [2.45, 2.75) is 12.1 Å². The van der Waals surface area contributed by atoms with Crippen molar-refractivity contribution in [1.82, 2.24) is 0 Å². The Bertz CT molecular complexity index is 1730. The molecular weight excluding hydrogens is 611 g/mol. The van der Waals surface area contributed by atoms with Crippen LogP contribution in [0.1, 0.15) is 22.2 Å². The Morgan fingerprint density at radius 3 is 1.87 bits per heavy atom. The number of hydrogen-bond donors (Lipinski definition) is 0. The van der Waals surface area contributed by atoms with Crippen molar-refractivity contribution in [3.63, 3.8) is 0 Å². The van der Waals surface area contributed by atoms with Crippen LogP contribution in [0.5, 0.6) is 0 Å². The zero-order valence-corrected chi connectivity index (χ0v) is 26.5. The van der Waals surface area contributed by atoms with Crippen molar-refractivity contribution in [1.29, 1.82) is 0 Å². The Labute approximate surface area is 263 Å². The summed E-state index contributed by atoms with van der Waals surface area (Å²) in [6, 6.07) is 37.5. The van der Waals surface area contributed by atoms with Gasteiger partial charge in [-0.1, -0.05) is 128 Å². The van der Waals surface area contributed by atoms with Crippen LogP contribution in [-0.2, 0) is 26.2 Å². The van der Waals surface area contributed by atoms with E-state index < -0.39 is 8.07 Å². The van der Waals surface area contributed by atoms with Crippen LogP contribution < -0.4 is 35.3 Å². The fourth-order valence-corrected chi connectivity index (χ4v) is 11.0. The van der Waals surface area contributed by atoms with Crippen LogP contribution in [0.4, 0.5) is 0 Å². The molecule has 0 fully saturated rings. The van der Waals surface area contributed by atoms with E-state index in [1.165, 1.54) is 38.3 Å². The van der Waals surface area contributed by atoms with Gasteiger partial charge in [-0.3, -0.25) is 0 Å². The molecule has 0 amide bonds. The third-order valence-electron chi connectivity index (χ3n) is 8.08. The molecule has 4 heteroatoms. The average molecular weight is 637 g/mol. The molecule has 0 saturated heterocycles. The Morgan fingerprint density at radius 2 is 1.21 bits per heavy atom. The van der Waals surface area contributed by atoms with Crippen LogP contribution >= 0.6 is 0 Å². The minimum absolute atomic E-state index is 0. The van der Waals surface area contributed by atoms with E-state index in [0.717, 1.165) is 5.56 Å². The van der Waals surface area contributed by atoms with Crippen LogP contribution in [0.25, 0.3) is 21.9 Å². The van der Waals surface area contributed by atoms with E-state index in [2.05, 4.69) is 145 Å². The standard InChI is InChI=1S/C35H26Si.2ClH.Zr/c1-36(24-23-25-13-3-2-4-14-25,34-30-19-9-5-15-26(30)27-16-6-10-20-31(27)34)35-32-21-11-7-17-28(32)29-18-8-12-22-33(29)35;;;/h2-22,30,35H,1H3;2*1H;/q;;;+2/p-2. The molecule has 188 valence electrons. The SMILES string of the molecule is C[Si](C#Cc1ccccc1)(C1=c2ccccc2=C2C=CC=CC21)C1c2ccccc2-c2ccccc21.[Cl-].[Cl-].[Zr+2]. The summed E-state index contributed by atoms with van der Waals surface area (Å²) < 4.78 is 0. The van der Waals surface area contributed by atoms with Crippen molar-refractivity contribution >= 4 is 18.8 Å². The summed E-state index contributed by atoms with van der Waals surface area (Å²) >= 11 is 0. The third kappa shape index (κ3) is 4.71. The molecule has 39 heavy (non-hydrogen) atoms. The molecule has 0 nitrogen and oxygen atoms in total. The number of allylic oxidation sites excluding steroid dienone is 4. The van der Waals surface area contributed by atoms with Gasteiger partial charge in [0.25, 0.3) is 0 Å². The second-order valence-electron chi connectivity index (χ2n) is 10.1. The van der Waals surface area contributed by atoms with Gasteiger partial charge in [0.1, 0.15) is 0 Å². The number of rotatable bonds is 2. The summed E-state index contributed by atoms with van der Waals surface area (Å²) in [5.74, 6) is 3.95. The van der Waals surface area contributed by atoms with Crippen molar-refractivity contribution in [2.24, 2.45) is 5.92 Å². The van der Waals surface area contributed by atoms with Gasteiger partial charge in [0.15, 0.2) is 8.07 Å². The molecule has 0 spiro atoms. The molecule has 0 N–H and O–H groups in total. The van der Waals surface area contributed by atoms with E-state index in [9.17, 15) is 0 Å². The Morgan fingerprint density at radius 1 is 0.641 bits per heavy atom. The van der Waals surface area contributed by atoms with Crippen LogP contribution in [0.3, 0.4) is 0 Å². The van der Waals surface area contributed by atoms with Crippen molar-refractivity contribution in [3.05, 3.63) is 155 Å². The summed E-state index contributed by atoms with van der Waals surface area (Å²) in [6.07, 6.45) is 9.11. The molecular formula is C35H26Cl2SiZr. The fraction of sp³-hybridized carbons (Fsp3) is 0.0857. The van der Waals surface area contributed by atoms with Crippen molar-refractivity contribution < 1.29 is 51.0 Å². The van der Waals surface area contributed by atoms with Gasteiger partial charge in [-0.05, 0) is 55.6 Å². The first kappa shape index (κ1) is 29.3. The van der Waals surface area contributed by atoms with Crippen LogP contribution in [0.15, 0.2) is 127 Å². The maximum Gasteiger partial charge on any atom is 2.00 e. The van der Waals surface area contributed by atoms with Crippen LogP contribution in [0, 0.1) is 17.4 Å². The van der Waals surface area contributed by atoms with E-state index >= 15 is 0 Å². The maximum absolute atomic E-state index is 4.03. The summed E-state index contributed by atoms with van der Waals surface area (Å²) in [6.45, 7) is 2.52. The summed E-state index contributed by atoms with van der Waals surface area (Å²) in [5.41, 5.74) is 12.4. The van der Waals surface area contributed by atoms with E-state index in [4.69, 9.17) is 0 Å². The first-order valence-corrected chi connectivity index (χ1v) is 15.3. The van der Waals surface area contributed by atoms with Gasteiger partial charge >= 0.3 is 26.2 Å². The molecule has 4 aromatic carbocycles. The van der Waals surface area contributed by atoms with Gasteiger partial charge in [0.05, 0.1) is 0 Å². The molecule has 0 aromatic heterocycles. The van der Waals surface area contributed by atoms with Crippen molar-refractivity contribution in [3.8, 4) is 22.6 Å². The monoisotopic (exact) mass is 634 g/mol. The van der Waals surface area contributed by atoms with E-state index in [1.807, 2.05) is 0 Å². The third-order valence-corrected chi connectivity index (χ3v) is 12.2. The minimum Gasteiger partial charge on any atom is -1.00 e. The molecule has 7 rings (SSSR count). The quantitative estimate of drug-likeness (QED) is 0.220. The Kier molecular flexibility index (Phi) is 8.90. The second kappa shape index (κ2) is 11.8. The Balaban J connectivity index is 0.00000118. The van der Waals surface area contributed by atoms with Crippen LogP contribution in [0.2, 0.25) is 6.55 Å². The van der Waals surface area contributed by atoms with E-state index in [-0.39, 0.29) is 62.5 Å². The smallest absolute Gasteiger partial charge is 1.00 e. The molecule has 3 aliphatic carbocycles. The normalized spacial score (nSPS) is 17.1. The largest absolute Gasteiger partial charge is 2.00 e. The number of halogens is 2.